The Kier molecular flexibility index (Phi) is 5.19. The number of hydrogen-bond acceptors (Lipinski definition) is 2. The Labute approximate surface area is 95.2 Å². The summed E-state index contributed by atoms with van der Waals surface area (Å²) >= 11 is 5.82. The van der Waals surface area contributed by atoms with Gasteiger partial charge in [0.25, 0.3) is 0 Å². The molecule has 82 valence electrons. The fourth-order valence-corrected chi connectivity index (χ4v) is 1.47. The van der Waals surface area contributed by atoms with Gasteiger partial charge in [-0.3, -0.25) is 4.79 Å². The highest BCUT2D eigenvalue weighted by Gasteiger charge is 2.15. The maximum Gasteiger partial charge on any atom is 0.324 e. The number of carbonyl (C=O) groups is 1. The second-order valence-electron chi connectivity index (χ2n) is 3.35. The first-order valence-corrected chi connectivity index (χ1v) is 5.52. The Morgan fingerprint density at radius 2 is 2.07 bits per heavy atom. The van der Waals surface area contributed by atoms with E-state index in [1.165, 1.54) is 0 Å². The maximum absolute atomic E-state index is 11.4. The Bertz CT molecular complexity index is 298. The zero-order valence-electron chi connectivity index (χ0n) is 8.78. The SMILES string of the molecule is CCCC(Cl)C(=O)OCc1ccccc1. The van der Waals surface area contributed by atoms with Crippen LogP contribution in [0.2, 0.25) is 0 Å². The van der Waals surface area contributed by atoms with Gasteiger partial charge in [0, 0.05) is 0 Å². The van der Waals surface area contributed by atoms with Gasteiger partial charge in [-0.1, -0.05) is 43.7 Å². The van der Waals surface area contributed by atoms with Crippen molar-refractivity contribution in [3.63, 3.8) is 0 Å². The second-order valence-corrected chi connectivity index (χ2v) is 3.88. The summed E-state index contributed by atoms with van der Waals surface area (Å²) in [5.74, 6) is -0.331. The van der Waals surface area contributed by atoms with Gasteiger partial charge in [0.15, 0.2) is 0 Å². The van der Waals surface area contributed by atoms with Gasteiger partial charge in [-0.05, 0) is 12.0 Å². The summed E-state index contributed by atoms with van der Waals surface area (Å²) in [5, 5.41) is -0.515. The van der Waals surface area contributed by atoms with Crippen LogP contribution in [-0.2, 0) is 16.1 Å². The van der Waals surface area contributed by atoms with Crippen molar-refractivity contribution in [3.05, 3.63) is 35.9 Å². The Morgan fingerprint density at radius 1 is 1.40 bits per heavy atom. The molecule has 0 fully saturated rings. The lowest BCUT2D eigenvalue weighted by molar-refractivity contribution is -0.144. The summed E-state index contributed by atoms with van der Waals surface area (Å²) in [7, 11) is 0. The minimum atomic E-state index is -0.515. The first-order chi connectivity index (χ1) is 7.24. The molecule has 0 aliphatic heterocycles. The number of alkyl halides is 1. The first kappa shape index (κ1) is 12.1. The van der Waals surface area contributed by atoms with Crippen LogP contribution in [0.4, 0.5) is 0 Å². The second kappa shape index (κ2) is 6.46. The quantitative estimate of drug-likeness (QED) is 0.570. The lowest BCUT2D eigenvalue weighted by atomic mass is 10.2. The number of rotatable bonds is 5. The minimum absolute atomic E-state index is 0.298. The van der Waals surface area contributed by atoms with Crippen molar-refractivity contribution >= 4 is 17.6 Å². The summed E-state index contributed by atoms with van der Waals surface area (Å²) in [6.07, 6.45) is 1.55. The molecule has 0 heterocycles. The van der Waals surface area contributed by atoms with E-state index in [-0.39, 0.29) is 5.97 Å². The summed E-state index contributed by atoms with van der Waals surface area (Å²) in [5.41, 5.74) is 0.978. The Hall–Kier alpha value is -1.02. The molecule has 2 nitrogen and oxygen atoms in total. The maximum atomic E-state index is 11.4. The van der Waals surface area contributed by atoms with Crippen LogP contribution in [0.5, 0.6) is 0 Å². The number of esters is 1. The van der Waals surface area contributed by atoms with Crippen LogP contribution < -0.4 is 0 Å². The Morgan fingerprint density at radius 3 is 2.67 bits per heavy atom. The largest absolute Gasteiger partial charge is 0.460 e. The molecular weight excluding hydrogens is 212 g/mol. The number of benzene rings is 1. The smallest absolute Gasteiger partial charge is 0.324 e. The normalized spacial score (nSPS) is 12.1. The number of hydrogen-bond donors (Lipinski definition) is 0. The highest BCUT2D eigenvalue weighted by atomic mass is 35.5. The van der Waals surface area contributed by atoms with E-state index < -0.39 is 5.38 Å². The minimum Gasteiger partial charge on any atom is -0.460 e. The molecule has 0 radical (unpaired) electrons. The van der Waals surface area contributed by atoms with Crippen molar-refractivity contribution in [1.82, 2.24) is 0 Å². The van der Waals surface area contributed by atoms with Gasteiger partial charge in [0.2, 0.25) is 0 Å². The van der Waals surface area contributed by atoms with Gasteiger partial charge < -0.3 is 4.74 Å². The Balaban J connectivity index is 2.34. The van der Waals surface area contributed by atoms with Gasteiger partial charge in [0.1, 0.15) is 12.0 Å². The standard InChI is InChI=1S/C12H15ClO2/c1-2-6-11(13)12(14)15-9-10-7-4-3-5-8-10/h3-5,7-8,11H,2,6,9H2,1H3. The van der Waals surface area contributed by atoms with Crippen LogP contribution in [0.25, 0.3) is 0 Å². The van der Waals surface area contributed by atoms with Gasteiger partial charge in [-0.25, -0.2) is 0 Å². The van der Waals surface area contributed by atoms with Crippen molar-refractivity contribution in [2.45, 2.75) is 31.7 Å². The van der Waals surface area contributed by atoms with Crippen molar-refractivity contribution in [2.24, 2.45) is 0 Å². The highest BCUT2D eigenvalue weighted by molar-refractivity contribution is 6.29. The molecule has 0 N–H and O–H groups in total. The van der Waals surface area contributed by atoms with E-state index in [9.17, 15) is 4.79 Å². The zero-order valence-corrected chi connectivity index (χ0v) is 9.54. The highest BCUT2D eigenvalue weighted by Crippen LogP contribution is 2.09. The fraction of sp³-hybridized carbons (Fsp3) is 0.417. The third-order valence-electron chi connectivity index (χ3n) is 2.02. The van der Waals surface area contributed by atoms with Crippen LogP contribution in [0, 0.1) is 0 Å². The van der Waals surface area contributed by atoms with Gasteiger partial charge >= 0.3 is 5.97 Å². The summed E-state index contributed by atoms with van der Waals surface area (Å²) < 4.78 is 5.07. The summed E-state index contributed by atoms with van der Waals surface area (Å²) in [6, 6.07) is 9.57. The summed E-state index contributed by atoms with van der Waals surface area (Å²) in [4.78, 5) is 11.4. The van der Waals surface area contributed by atoms with Crippen LogP contribution in [0.15, 0.2) is 30.3 Å². The van der Waals surface area contributed by atoms with E-state index >= 15 is 0 Å². The van der Waals surface area contributed by atoms with Crippen molar-refractivity contribution in [3.8, 4) is 0 Å². The molecule has 0 aliphatic carbocycles. The molecule has 1 aromatic rings. The van der Waals surface area contributed by atoms with Crippen LogP contribution in [0.1, 0.15) is 25.3 Å². The van der Waals surface area contributed by atoms with E-state index in [1.807, 2.05) is 37.3 Å². The van der Waals surface area contributed by atoms with Crippen molar-refractivity contribution < 1.29 is 9.53 Å². The van der Waals surface area contributed by atoms with Gasteiger partial charge in [0.05, 0.1) is 0 Å². The molecule has 0 aromatic heterocycles. The van der Waals surface area contributed by atoms with Crippen LogP contribution >= 0.6 is 11.6 Å². The molecule has 15 heavy (non-hydrogen) atoms. The zero-order chi connectivity index (χ0) is 11.1. The molecule has 1 aromatic carbocycles. The molecule has 1 rings (SSSR count). The van der Waals surface area contributed by atoms with Crippen LogP contribution in [0.3, 0.4) is 0 Å². The number of halogens is 1. The number of ether oxygens (including phenoxy) is 1. The monoisotopic (exact) mass is 226 g/mol. The average Bonchev–Trinajstić information content (AvgIpc) is 2.27. The topological polar surface area (TPSA) is 26.3 Å². The molecule has 0 bridgehead atoms. The van der Waals surface area contributed by atoms with Gasteiger partial charge in [-0.2, -0.15) is 0 Å². The molecule has 1 unspecified atom stereocenters. The van der Waals surface area contributed by atoms with E-state index in [0.29, 0.717) is 13.0 Å². The van der Waals surface area contributed by atoms with E-state index in [2.05, 4.69) is 0 Å². The molecule has 0 saturated carbocycles. The van der Waals surface area contributed by atoms with Gasteiger partial charge in [-0.15, -0.1) is 11.6 Å². The lowest BCUT2D eigenvalue weighted by Crippen LogP contribution is -2.17. The molecule has 0 amide bonds. The molecule has 0 spiro atoms. The average molecular weight is 227 g/mol. The predicted octanol–water partition coefficient (Wildman–Crippen LogP) is 3.14. The molecule has 3 heteroatoms. The van der Waals surface area contributed by atoms with Crippen LogP contribution in [-0.4, -0.2) is 11.3 Å². The summed E-state index contributed by atoms with van der Waals surface area (Å²) in [6.45, 7) is 2.28. The van der Waals surface area contributed by atoms with E-state index in [0.717, 1.165) is 12.0 Å². The molecular formula is C12H15ClO2. The molecule has 1 atom stereocenters. The molecule has 0 saturated heterocycles. The van der Waals surface area contributed by atoms with Crippen molar-refractivity contribution in [1.29, 1.82) is 0 Å². The van der Waals surface area contributed by atoms with E-state index in [1.54, 1.807) is 0 Å². The third-order valence-corrected chi connectivity index (χ3v) is 2.42. The first-order valence-electron chi connectivity index (χ1n) is 5.08. The third kappa shape index (κ3) is 4.34. The fourth-order valence-electron chi connectivity index (χ4n) is 1.19. The predicted molar refractivity (Wildman–Crippen MR) is 60.8 cm³/mol. The number of carbonyl (C=O) groups excluding carboxylic acids is 1. The van der Waals surface area contributed by atoms with E-state index in [4.69, 9.17) is 16.3 Å². The molecule has 0 aliphatic rings. The lowest BCUT2D eigenvalue weighted by Gasteiger charge is -2.08. The van der Waals surface area contributed by atoms with Crippen molar-refractivity contribution in [2.75, 3.05) is 0 Å².